The molecule has 0 aliphatic carbocycles. The van der Waals surface area contributed by atoms with Crippen LogP contribution in [0.1, 0.15) is 36.8 Å². The molecule has 0 radical (unpaired) electrons. The Bertz CT molecular complexity index is 435. The van der Waals surface area contributed by atoms with Gasteiger partial charge in [0.25, 0.3) is 0 Å². The number of benzene rings is 1. The second-order valence-electron chi connectivity index (χ2n) is 4.19. The molecule has 0 fully saturated rings. The fraction of sp³-hybridized carbons (Fsp3) is 0.417. The van der Waals surface area contributed by atoms with E-state index in [-0.39, 0.29) is 22.5 Å². The van der Waals surface area contributed by atoms with Crippen LogP contribution in [0, 0.1) is 5.82 Å². The van der Waals surface area contributed by atoms with Crippen molar-refractivity contribution in [3.8, 4) is 0 Å². The molecule has 0 heterocycles. The van der Waals surface area contributed by atoms with Crippen LogP contribution in [0.3, 0.4) is 0 Å². The second kappa shape index (κ2) is 5.60. The summed E-state index contributed by atoms with van der Waals surface area (Å²) in [6.07, 6.45) is 0. The molecular weight excluding hydrogens is 289 g/mol. The molecule has 17 heavy (non-hydrogen) atoms. The lowest BCUT2D eigenvalue weighted by atomic mass is 9.93. The molecule has 0 aliphatic heterocycles. The minimum absolute atomic E-state index is 0.125. The van der Waals surface area contributed by atoms with Crippen LogP contribution in [0.15, 0.2) is 16.6 Å². The number of halogens is 2. The molecule has 1 aromatic carbocycles. The summed E-state index contributed by atoms with van der Waals surface area (Å²) in [6.45, 7) is 3.80. The molecule has 0 spiro atoms. The molecule has 1 atom stereocenters. The maximum atomic E-state index is 13.9. The number of carboxylic acids is 1. The normalized spacial score (nSPS) is 12.8. The molecule has 0 amide bonds. The number of nitrogens with two attached hydrogens (primary N) is 1. The summed E-state index contributed by atoms with van der Waals surface area (Å²) in [4.78, 5) is 11.0. The highest BCUT2D eigenvalue weighted by Crippen LogP contribution is 2.30. The highest BCUT2D eigenvalue weighted by Gasteiger charge is 2.24. The van der Waals surface area contributed by atoms with Crippen molar-refractivity contribution in [3.63, 3.8) is 0 Å². The van der Waals surface area contributed by atoms with Crippen LogP contribution in [0.25, 0.3) is 0 Å². The molecular formula is C12H15BrFNO2. The Labute approximate surface area is 108 Å². The van der Waals surface area contributed by atoms with Crippen molar-refractivity contribution in [1.29, 1.82) is 0 Å². The minimum atomic E-state index is -1.11. The number of hydrogen-bond donors (Lipinski definition) is 2. The van der Waals surface area contributed by atoms with Crippen molar-refractivity contribution >= 4 is 21.9 Å². The van der Waals surface area contributed by atoms with E-state index in [2.05, 4.69) is 15.9 Å². The Morgan fingerprint density at radius 2 is 2.12 bits per heavy atom. The Morgan fingerprint density at radius 3 is 2.53 bits per heavy atom. The average molecular weight is 304 g/mol. The van der Waals surface area contributed by atoms with Gasteiger partial charge >= 0.3 is 5.97 Å². The summed E-state index contributed by atoms with van der Waals surface area (Å²) >= 11 is 3.10. The highest BCUT2D eigenvalue weighted by atomic mass is 79.9. The predicted octanol–water partition coefficient (Wildman–Crippen LogP) is 2.84. The van der Waals surface area contributed by atoms with Crippen LogP contribution in [0.4, 0.5) is 4.39 Å². The lowest BCUT2D eigenvalue weighted by Crippen LogP contribution is -2.22. The van der Waals surface area contributed by atoms with Crippen LogP contribution in [0.5, 0.6) is 0 Å². The first-order valence-corrected chi connectivity index (χ1v) is 6.09. The van der Waals surface area contributed by atoms with Gasteiger partial charge in [-0.05, 0) is 33.5 Å². The van der Waals surface area contributed by atoms with Gasteiger partial charge in [-0.3, -0.25) is 4.79 Å². The molecule has 0 aliphatic rings. The average Bonchev–Trinajstić information content (AvgIpc) is 2.24. The van der Waals surface area contributed by atoms with Gasteiger partial charge in [0.2, 0.25) is 0 Å². The topological polar surface area (TPSA) is 63.3 Å². The van der Waals surface area contributed by atoms with Crippen molar-refractivity contribution in [3.05, 3.63) is 33.5 Å². The summed E-state index contributed by atoms with van der Waals surface area (Å²) in [7, 11) is 0. The third-order valence-corrected chi connectivity index (χ3v) is 3.23. The number of carboxylic acid groups (broad SMARTS) is 1. The van der Waals surface area contributed by atoms with Gasteiger partial charge in [0.15, 0.2) is 0 Å². The molecule has 0 aromatic heterocycles. The van der Waals surface area contributed by atoms with Gasteiger partial charge in [0.05, 0.1) is 10.4 Å². The number of rotatable bonds is 4. The zero-order valence-electron chi connectivity index (χ0n) is 9.71. The van der Waals surface area contributed by atoms with Gasteiger partial charge in [-0.1, -0.05) is 19.9 Å². The van der Waals surface area contributed by atoms with E-state index in [9.17, 15) is 9.18 Å². The highest BCUT2D eigenvalue weighted by molar-refractivity contribution is 9.10. The third kappa shape index (κ3) is 3.04. The van der Waals surface area contributed by atoms with Gasteiger partial charge in [0, 0.05) is 12.1 Å². The number of carbonyl (C=O) groups is 1. The fourth-order valence-electron chi connectivity index (χ4n) is 1.58. The van der Waals surface area contributed by atoms with Crippen molar-refractivity contribution in [2.75, 3.05) is 6.54 Å². The number of hydrogen-bond acceptors (Lipinski definition) is 2. The van der Waals surface area contributed by atoms with Gasteiger partial charge in [-0.25, -0.2) is 4.39 Å². The van der Waals surface area contributed by atoms with Crippen LogP contribution >= 0.6 is 15.9 Å². The molecule has 94 valence electrons. The van der Waals surface area contributed by atoms with Crippen molar-refractivity contribution in [2.45, 2.75) is 25.7 Å². The Kier molecular flexibility index (Phi) is 4.65. The van der Waals surface area contributed by atoms with E-state index in [1.54, 1.807) is 12.1 Å². The Hall–Kier alpha value is -0.940. The SMILES string of the molecule is CC(C)c1cc(Br)c(F)c(C(CN)C(=O)O)c1. The summed E-state index contributed by atoms with van der Waals surface area (Å²) in [5.74, 6) is -2.48. The Balaban J connectivity index is 3.35. The smallest absolute Gasteiger partial charge is 0.312 e. The zero-order valence-corrected chi connectivity index (χ0v) is 11.3. The van der Waals surface area contributed by atoms with E-state index in [4.69, 9.17) is 10.8 Å². The lowest BCUT2D eigenvalue weighted by Gasteiger charge is -2.15. The van der Waals surface area contributed by atoms with E-state index < -0.39 is 17.7 Å². The molecule has 0 bridgehead atoms. The molecule has 3 N–H and O–H groups in total. The van der Waals surface area contributed by atoms with Gasteiger partial charge in [-0.2, -0.15) is 0 Å². The molecule has 3 nitrogen and oxygen atoms in total. The molecule has 1 unspecified atom stereocenters. The van der Waals surface area contributed by atoms with Gasteiger partial charge < -0.3 is 10.8 Å². The van der Waals surface area contributed by atoms with Crippen LogP contribution in [0.2, 0.25) is 0 Å². The quantitative estimate of drug-likeness (QED) is 0.899. The largest absolute Gasteiger partial charge is 0.481 e. The summed E-state index contributed by atoms with van der Waals surface area (Å²) in [5, 5.41) is 9.01. The monoisotopic (exact) mass is 303 g/mol. The molecule has 1 rings (SSSR count). The van der Waals surface area contributed by atoms with Crippen LogP contribution < -0.4 is 5.73 Å². The van der Waals surface area contributed by atoms with E-state index in [0.29, 0.717) is 0 Å². The maximum Gasteiger partial charge on any atom is 0.312 e. The first-order chi connectivity index (χ1) is 7.88. The lowest BCUT2D eigenvalue weighted by molar-refractivity contribution is -0.138. The number of aliphatic carboxylic acids is 1. The van der Waals surface area contributed by atoms with E-state index in [1.807, 2.05) is 13.8 Å². The standard InChI is InChI=1S/C12H15BrFNO2/c1-6(2)7-3-8(9(5-15)12(16)17)11(14)10(13)4-7/h3-4,6,9H,5,15H2,1-2H3,(H,16,17). The molecule has 5 heteroatoms. The summed E-state index contributed by atoms with van der Waals surface area (Å²) in [6, 6.07) is 3.25. The second-order valence-corrected chi connectivity index (χ2v) is 5.04. The molecule has 0 saturated carbocycles. The van der Waals surface area contributed by atoms with E-state index in [1.165, 1.54) is 0 Å². The summed E-state index contributed by atoms with van der Waals surface area (Å²) in [5.41, 5.74) is 6.41. The van der Waals surface area contributed by atoms with Crippen LogP contribution in [-0.2, 0) is 4.79 Å². The fourth-order valence-corrected chi connectivity index (χ4v) is 2.07. The van der Waals surface area contributed by atoms with Crippen molar-refractivity contribution in [1.82, 2.24) is 0 Å². The first-order valence-electron chi connectivity index (χ1n) is 5.30. The molecule has 0 saturated heterocycles. The first kappa shape index (κ1) is 14.1. The third-order valence-electron chi connectivity index (χ3n) is 2.65. The zero-order chi connectivity index (χ0) is 13.2. The van der Waals surface area contributed by atoms with Crippen LogP contribution in [-0.4, -0.2) is 17.6 Å². The van der Waals surface area contributed by atoms with Gasteiger partial charge in [-0.15, -0.1) is 0 Å². The van der Waals surface area contributed by atoms with Crippen molar-refractivity contribution < 1.29 is 14.3 Å². The Morgan fingerprint density at radius 1 is 1.53 bits per heavy atom. The van der Waals surface area contributed by atoms with Gasteiger partial charge in [0.1, 0.15) is 5.82 Å². The van der Waals surface area contributed by atoms with Crippen molar-refractivity contribution in [2.24, 2.45) is 5.73 Å². The predicted molar refractivity (Wildman–Crippen MR) is 67.6 cm³/mol. The summed E-state index contributed by atoms with van der Waals surface area (Å²) < 4.78 is 14.2. The molecule has 1 aromatic rings. The van der Waals surface area contributed by atoms with E-state index in [0.717, 1.165) is 5.56 Å². The maximum absolute atomic E-state index is 13.9. The van der Waals surface area contributed by atoms with E-state index >= 15 is 0 Å². The minimum Gasteiger partial charge on any atom is -0.481 e.